The third kappa shape index (κ3) is 2.57. The molecule has 0 saturated heterocycles. The van der Waals surface area contributed by atoms with Crippen molar-refractivity contribution >= 4 is 35.2 Å². The molecule has 0 aliphatic carbocycles. The highest BCUT2D eigenvalue weighted by molar-refractivity contribution is 7.71. The molecule has 2 aromatic heterocycles. The predicted molar refractivity (Wildman–Crippen MR) is 88.0 cm³/mol. The lowest BCUT2D eigenvalue weighted by molar-refractivity contribution is 0.662. The van der Waals surface area contributed by atoms with Gasteiger partial charge in [-0.3, -0.25) is 9.36 Å². The number of aryl methyl sites for hydroxylation is 1. The van der Waals surface area contributed by atoms with E-state index in [0.717, 1.165) is 4.88 Å². The Labute approximate surface area is 134 Å². The second-order valence-electron chi connectivity index (χ2n) is 4.35. The number of thiophene rings is 1. The van der Waals surface area contributed by atoms with Gasteiger partial charge in [0, 0.05) is 12.1 Å². The molecule has 3 aromatic rings. The molecule has 0 unspecified atom stereocenters. The molecule has 0 radical (unpaired) electrons. The Hall–Kier alpha value is -1.76. The third-order valence-corrected chi connectivity index (χ3v) is 4.54. The van der Waals surface area contributed by atoms with Crippen LogP contribution in [0, 0.1) is 4.77 Å². The van der Waals surface area contributed by atoms with Crippen molar-refractivity contribution in [3.05, 3.63) is 61.9 Å². The summed E-state index contributed by atoms with van der Waals surface area (Å²) in [5.74, 6) is 0. The monoisotopic (exact) mass is 335 g/mol. The van der Waals surface area contributed by atoms with Crippen molar-refractivity contribution in [2.45, 2.75) is 0 Å². The Balaban J connectivity index is 2.32. The fourth-order valence-electron chi connectivity index (χ4n) is 1.96. The van der Waals surface area contributed by atoms with Crippen molar-refractivity contribution in [2.75, 3.05) is 0 Å². The largest absolute Gasteiger partial charge is 0.286 e. The summed E-state index contributed by atoms with van der Waals surface area (Å²) < 4.78 is 3.33. The first-order valence-electron chi connectivity index (χ1n) is 6.08. The molecule has 4 nitrogen and oxygen atoms in total. The zero-order chi connectivity index (χ0) is 15.0. The van der Waals surface area contributed by atoms with Gasteiger partial charge in [0.15, 0.2) is 5.69 Å². The molecule has 0 aliphatic rings. The summed E-state index contributed by atoms with van der Waals surface area (Å²) in [6.07, 6.45) is 0. The highest BCUT2D eigenvalue weighted by Gasteiger charge is 2.13. The first-order chi connectivity index (χ1) is 10.1. The molecule has 2 heterocycles. The van der Waals surface area contributed by atoms with Gasteiger partial charge in [0.25, 0.3) is 5.56 Å². The number of benzene rings is 1. The summed E-state index contributed by atoms with van der Waals surface area (Å²) in [5.41, 5.74) is 0.823. The maximum Gasteiger partial charge on any atom is 0.286 e. The summed E-state index contributed by atoms with van der Waals surface area (Å²) in [6.45, 7) is 0. The molecule has 0 fully saturated rings. The molecular formula is C14H10ClN3OS2. The van der Waals surface area contributed by atoms with Gasteiger partial charge in [0.2, 0.25) is 4.77 Å². The van der Waals surface area contributed by atoms with Gasteiger partial charge in [-0.05, 0) is 47.9 Å². The minimum atomic E-state index is -0.233. The van der Waals surface area contributed by atoms with E-state index in [4.69, 9.17) is 23.8 Å². The van der Waals surface area contributed by atoms with Crippen LogP contribution in [0.15, 0.2) is 46.6 Å². The van der Waals surface area contributed by atoms with Gasteiger partial charge < -0.3 is 0 Å². The lowest BCUT2D eigenvalue weighted by Gasteiger charge is -2.10. The molecule has 1 aromatic carbocycles. The quantitative estimate of drug-likeness (QED) is 0.671. The van der Waals surface area contributed by atoms with Gasteiger partial charge in [-0.1, -0.05) is 17.7 Å². The van der Waals surface area contributed by atoms with Gasteiger partial charge in [0.1, 0.15) is 0 Å². The number of hydrogen-bond acceptors (Lipinski definition) is 4. The van der Waals surface area contributed by atoms with Crippen LogP contribution >= 0.6 is 35.2 Å². The summed E-state index contributed by atoms with van der Waals surface area (Å²) >= 11 is 12.7. The summed E-state index contributed by atoms with van der Waals surface area (Å²) in [5, 5.41) is 6.80. The smallest absolute Gasteiger partial charge is 0.266 e. The molecule has 0 N–H and O–H groups in total. The normalized spacial score (nSPS) is 10.8. The van der Waals surface area contributed by atoms with Gasteiger partial charge in [-0.2, -0.15) is 5.10 Å². The number of hydrogen-bond donors (Lipinski definition) is 0. The minimum absolute atomic E-state index is 0.233. The molecule has 0 atom stereocenters. The van der Waals surface area contributed by atoms with E-state index in [0.29, 0.717) is 21.2 Å². The Bertz CT molecular complexity index is 895. The SMILES string of the molecule is Cn1nc(-c2cccs2)c(=O)n(-c2ccc(Cl)cc2)c1=S. The van der Waals surface area contributed by atoms with Crippen LogP contribution in [-0.2, 0) is 7.05 Å². The number of halogens is 1. The van der Waals surface area contributed by atoms with Crippen molar-refractivity contribution in [2.24, 2.45) is 7.05 Å². The molecule has 106 valence electrons. The first-order valence-corrected chi connectivity index (χ1v) is 7.74. The fourth-order valence-corrected chi connectivity index (χ4v) is 3.01. The van der Waals surface area contributed by atoms with Crippen LogP contribution in [0.5, 0.6) is 0 Å². The summed E-state index contributed by atoms with van der Waals surface area (Å²) in [7, 11) is 1.73. The van der Waals surface area contributed by atoms with E-state index in [2.05, 4.69) is 5.10 Å². The average molecular weight is 336 g/mol. The molecule has 0 saturated carbocycles. The Morgan fingerprint density at radius 3 is 2.57 bits per heavy atom. The molecule has 7 heteroatoms. The molecular weight excluding hydrogens is 326 g/mol. The maximum atomic E-state index is 12.7. The van der Waals surface area contributed by atoms with E-state index < -0.39 is 0 Å². The molecule has 0 spiro atoms. The summed E-state index contributed by atoms with van der Waals surface area (Å²) in [6, 6.07) is 10.7. The van der Waals surface area contributed by atoms with E-state index in [1.807, 2.05) is 17.5 Å². The van der Waals surface area contributed by atoms with Crippen LogP contribution in [0.2, 0.25) is 5.02 Å². The molecule has 21 heavy (non-hydrogen) atoms. The van der Waals surface area contributed by atoms with Crippen molar-refractivity contribution in [3.8, 4) is 16.3 Å². The first kappa shape index (κ1) is 14.2. The van der Waals surface area contributed by atoms with E-state index >= 15 is 0 Å². The summed E-state index contributed by atoms with van der Waals surface area (Å²) in [4.78, 5) is 13.5. The molecule has 0 amide bonds. The van der Waals surface area contributed by atoms with Gasteiger partial charge in [-0.25, -0.2) is 4.68 Å². The lowest BCUT2D eigenvalue weighted by Crippen LogP contribution is -2.26. The van der Waals surface area contributed by atoms with Crippen LogP contribution in [0.25, 0.3) is 16.3 Å². The highest BCUT2D eigenvalue weighted by atomic mass is 35.5. The average Bonchev–Trinajstić information content (AvgIpc) is 2.99. The van der Waals surface area contributed by atoms with Crippen LogP contribution in [0.3, 0.4) is 0 Å². The van der Waals surface area contributed by atoms with E-state index in [1.165, 1.54) is 20.6 Å². The van der Waals surface area contributed by atoms with Crippen molar-refractivity contribution in [1.82, 2.24) is 14.3 Å². The molecule has 3 rings (SSSR count). The van der Waals surface area contributed by atoms with Crippen LogP contribution in [0.4, 0.5) is 0 Å². The van der Waals surface area contributed by atoms with Gasteiger partial charge in [0.05, 0.1) is 10.6 Å². The number of rotatable bonds is 2. The predicted octanol–water partition coefficient (Wildman–Crippen LogP) is 3.68. The van der Waals surface area contributed by atoms with E-state index in [-0.39, 0.29) is 5.56 Å². The maximum absolute atomic E-state index is 12.7. The highest BCUT2D eigenvalue weighted by Crippen LogP contribution is 2.20. The lowest BCUT2D eigenvalue weighted by atomic mass is 10.3. The molecule has 0 bridgehead atoms. The van der Waals surface area contributed by atoms with Crippen molar-refractivity contribution in [3.63, 3.8) is 0 Å². The van der Waals surface area contributed by atoms with E-state index in [9.17, 15) is 4.79 Å². The third-order valence-electron chi connectivity index (χ3n) is 2.96. The van der Waals surface area contributed by atoms with Crippen LogP contribution < -0.4 is 5.56 Å². The Kier molecular flexibility index (Phi) is 3.75. The van der Waals surface area contributed by atoms with Crippen molar-refractivity contribution < 1.29 is 0 Å². The zero-order valence-electron chi connectivity index (χ0n) is 11.0. The number of nitrogens with zero attached hydrogens (tertiary/aromatic N) is 3. The second-order valence-corrected chi connectivity index (χ2v) is 6.10. The zero-order valence-corrected chi connectivity index (χ0v) is 13.4. The van der Waals surface area contributed by atoms with Gasteiger partial charge in [-0.15, -0.1) is 11.3 Å². The van der Waals surface area contributed by atoms with E-state index in [1.54, 1.807) is 31.3 Å². The number of aromatic nitrogens is 3. The fraction of sp³-hybridized carbons (Fsp3) is 0.0714. The van der Waals surface area contributed by atoms with Gasteiger partial charge >= 0.3 is 0 Å². The van der Waals surface area contributed by atoms with Crippen LogP contribution in [-0.4, -0.2) is 14.3 Å². The Morgan fingerprint density at radius 2 is 1.95 bits per heavy atom. The van der Waals surface area contributed by atoms with Crippen molar-refractivity contribution in [1.29, 1.82) is 0 Å². The topological polar surface area (TPSA) is 39.8 Å². The Morgan fingerprint density at radius 1 is 1.24 bits per heavy atom. The standard InChI is InChI=1S/C14H10ClN3OS2/c1-17-14(20)18(10-6-4-9(15)5-7-10)13(19)12(16-17)11-3-2-8-21-11/h2-8H,1H3. The second kappa shape index (κ2) is 5.55. The van der Waals surface area contributed by atoms with Crippen LogP contribution in [0.1, 0.15) is 0 Å². The minimum Gasteiger partial charge on any atom is -0.266 e. The molecule has 0 aliphatic heterocycles.